The largest absolute Gasteiger partial charge is 0.345 e. The third kappa shape index (κ3) is 3.46. The number of anilines is 1. The highest BCUT2D eigenvalue weighted by molar-refractivity contribution is 6.32. The number of nitrogens with zero attached hydrogens (tertiary/aromatic N) is 1. The Hall–Kier alpha value is -1.55. The number of halogens is 1. The molecule has 0 spiro atoms. The lowest BCUT2D eigenvalue weighted by molar-refractivity contribution is -0.115. The summed E-state index contributed by atoms with van der Waals surface area (Å²) in [6.07, 6.45) is 0. The molecule has 0 bridgehead atoms. The summed E-state index contributed by atoms with van der Waals surface area (Å²) >= 11 is 5.67. The maximum atomic E-state index is 11.9. The number of rotatable bonds is 3. The average Bonchev–Trinajstić information content (AvgIpc) is 2.28. The van der Waals surface area contributed by atoms with Crippen LogP contribution >= 0.6 is 11.6 Å². The standard InChI is InChI=1S/C12H15ClN2O2/c1-8(13)11(16)14-10-7-5-4-6-9(10)12(17)15(2)3/h4-8H,1-3H3,(H,14,16). The Morgan fingerprint density at radius 3 is 2.41 bits per heavy atom. The second kappa shape index (κ2) is 5.68. The van der Waals surface area contributed by atoms with Crippen molar-refractivity contribution in [3.8, 4) is 0 Å². The third-order valence-corrected chi connectivity index (χ3v) is 2.38. The monoisotopic (exact) mass is 254 g/mol. The van der Waals surface area contributed by atoms with Crippen molar-refractivity contribution in [1.82, 2.24) is 4.90 Å². The molecule has 0 aliphatic rings. The lowest BCUT2D eigenvalue weighted by atomic mass is 10.1. The summed E-state index contributed by atoms with van der Waals surface area (Å²) < 4.78 is 0. The number of para-hydroxylation sites is 1. The third-order valence-electron chi connectivity index (χ3n) is 2.18. The van der Waals surface area contributed by atoms with Gasteiger partial charge in [0.15, 0.2) is 0 Å². The Morgan fingerprint density at radius 1 is 1.29 bits per heavy atom. The van der Waals surface area contributed by atoms with Crippen molar-refractivity contribution < 1.29 is 9.59 Å². The van der Waals surface area contributed by atoms with Gasteiger partial charge in [-0.2, -0.15) is 0 Å². The van der Waals surface area contributed by atoms with Gasteiger partial charge in [0, 0.05) is 14.1 Å². The van der Waals surface area contributed by atoms with Crippen molar-refractivity contribution in [3.05, 3.63) is 29.8 Å². The topological polar surface area (TPSA) is 49.4 Å². The van der Waals surface area contributed by atoms with Crippen LogP contribution in [0.15, 0.2) is 24.3 Å². The summed E-state index contributed by atoms with van der Waals surface area (Å²) in [7, 11) is 3.32. The van der Waals surface area contributed by atoms with Crippen LogP contribution in [-0.2, 0) is 4.79 Å². The fourth-order valence-electron chi connectivity index (χ4n) is 1.25. The van der Waals surface area contributed by atoms with Crippen LogP contribution in [0.25, 0.3) is 0 Å². The van der Waals surface area contributed by atoms with Gasteiger partial charge in [-0.1, -0.05) is 12.1 Å². The first-order chi connectivity index (χ1) is 7.93. The highest BCUT2D eigenvalue weighted by Crippen LogP contribution is 2.17. The Kier molecular flexibility index (Phi) is 4.52. The van der Waals surface area contributed by atoms with E-state index in [4.69, 9.17) is 11.6 Å². The highest BCUT2D eigenvalue weighted by Gasteiger charge is 2.16. The zero-order valence-electron chi connectivity index (χ0n) is 10.0. The summed E-state index contributed by atoms with van der Waals surface area (Å²) in [6.45, 7) is 1.58. The maximum absolute atomic E-state index is 11.9. The Morgan fingerprint density at radius 2 is 1.88 bits per heavy atom. The van der Waals surface area contributed by atoms with Crippen LogP contribution in [0.1, 0.15) is 17.3 Å². The molecule has 0 saturated carbocycles. The number of hydrogen-bond acceptors (Lipinski definition) is 2. The summed E-state index contributed by atoms with van der Waals surface area (Å²) in [4.78, 5) is 24.8. The molecule has 0 heterocycles. The minimum atomic E-state index is -0.641. The van der Waals surface area contributed by atoms with E-state index in [-0.39, 0.29) is 11.8 Å². The smallest absolute Gasteiger partial charge is 0.255 e. The summed E-state index contributed by atoms with van der Waals surface area (Å²) in [6, 6.07) is 6.84. The van der Waals surface area contributed by atoms with Gasteiger partial charge in [0.2, 0.25) is 5.91 Å². The highest BCUT2D eigenvalue weighted by atomic mass is 35.5. The van der Waals surface area contributed by atoms with Crippen LogP contribution in [0.5, 0.6) is 0 Å². The maximum Gasteiger partial charge on any atom is 0.255 e. The molecular weight excluding hydrogens is 240 g/mol. The summed E-state index contributed by atoms with van der Waals surface area (Å²) in [5.41, 5.74) is 0.923. The van der Waals surface area contributed by atoms with E-state index < -0.39 is 5.38 Å². The minimum absolute atomic E-state index is 0.164. The molecule has 5 heteroatoms. The molecule has 1 N–H and O–H groups in total. The van der Waals surface area contributed by atoms with Gasteiger partial charge in [0.25, 0.3) is 5.91 Å². The zero-order chi connectivity index (χ0) is 13.0. The first kappa shape index (κ1) is 13.5. The van der Waals surface area contributed by atoms with Gasteiger partial charge in [-0.15, -0.1) is 11.6 Å². The molecule has 0 aromatic heterocycles. The summed E-state index contributed by atoms with van der Waals surface area (Å²) in [5, 5.41) is 1.99. The SMILES string of the molecule is CC(Cl)C(=O)Nc1ccccc1C(=O)N(C)C. The van der Waals surface area contributed by atoms with Crippen LogP contribution < -0.4 is 5.32 Å². The molecule has 1 aromatic carbocycles. The zero-order valence-corrected chi connectivity index (χ0v) is 10.8. The van der Waals surface area contributed by atoms with Crippen LogP contribution in [0.2, 0.25) is 0 Å². The van der Waals surface area contributed by atoms with Crippen LogP contribution in [0.4, 0.5) is 5.69 Å². The molecule has 1 unspecified atom stereocenters. The minimum Gasteiger partial charge on any atom is -0.345 e. The van der Waals surface area contributed by atoms with Crippen molar-refractivity contribution in [2.75, 3.05) is 19.4 Å². The molecule has 0 fully saturated rings. The Bertz CT molecular complexity index is 430. The van der Waals surface area contributed by atoms with Crippen molar-refractivity contribution >= 4 is 29.1 Å². The van der Waals surface area contributed by atoms with E-state index >= 15 is 0 Å². The molecule has 17 heavy (non-hydrogen) atoms. The van der Waals surface area contributed by atoms with Crippen LogP contribution in [0.3, 0.4) is 0 Å². The Labute approximate surface area is 106 Å². The lowest BCUT2D eigenvalue weighted by Gasteiger charge is -2.15. The summed E-state index contributed by atoms with van der Waals surface area (Å²) in [5.74, 6) is -0.492. The molecular formula is C12H15ClN2O2. The number of nitrogens with one attached hydrogen (secondary N) is 1. The number of carbonyl (C=O) groups excluding carboxylic acids is 2. The van der Waals surface area contributed by atoms with Crippen molar-refractivity contribution in [1.29, 1.82) is 0 Å². The molecule has 0 aliphatic heterocycles. The van der Waals surface area contributed by atoms with Gasteiger partial charge in [-0.25, -0.2) is 0 Å². The predicted octanol–water partition coefficient (Wildman–Crippen LogP) is 1.95. The average molecular weight is 255 g/mol. The van der Waals surface area contributed by atoms with Crippen molar-refractivity contribution in [2.24, 2.45) is 0 Å². The molecule has 0 aliphatic carbocycles. The second-order valence-corrected chi connectivity index (χ2v) is 4.51. The van der Waals surface area contributed by atoms with Gasteiger partial charge in [0.1, 0.15) is 5.38 Å². The quantitative estimate of drug-likeness (QED) is 0.839. The lowest BCUT2D eigenvalue weighted by Crippen LogP contribution is -2.26. The van der Waals surface area contributed by atoms with E-state index in [0.29, 0.717) is 11.3 Å². The molecule has 1 rings (SSSR count). The van der Waals surface area contributed by atoms with E-state index in [1.807, 2.05) is 0 Å². The first-order valence-electron chi connectivity index (χ1n) is 5.19. The van der Waals surface area contributed by atoms with Crippen LogP contribution in [-0.4, -0.2) is 36.2 Å². The van der Waals surface area contributed by atoms with Gasteiger partial charge in [-0.05, 0) is 19.1 Å². The van der Waals surface area contributed by atoms with Gasteiger partial charge >= 0.3 is 0 Å². The van der Waals surface area contributed by atoms with Gasteiger partial charge < -0.3 is 10.2 Å². The van der Waals surface area contributed by atoms with Gasteiger partial charge in [0.05, 0.1) is 11.3 Å². The number of amides is 2. The molecule has 4 nitrogen and oxygen atoms in total. The van der Waals surface area contributed by atoms with E-state index in [2.05, 4.69) is 5.32 Å². The van der Waals surface area contributed by atoms with Crippen LogP contribution in [0, 0.1) is 0 Å². The molecule has 2 amide bonds. The molecule has 0 saturated heterocycles. The number of hydrogen-bond donors (Lipinski definition) is 1. The molecule has 0 radical (unpaired) electrons. The fourth-order valence-corrected chi connectivity index (χ4v) is 1.31. The molecule has 1 atom stereocenters. The number of carbonyl (C=O) groups is 2. The second-order valence-electron chi connectivity index (χ2n) is 3.85. The van der Waals surface area contributed by atoms with Crippen molar-refractivity contribution in [2.45, 2.75) is 12.3 Å². The molecule has 1 aromatic rings. The number of alkyl halides is 1. The van der Waals surface area contributed by atoms with E-state index in [9.17, 15) is 9.59 Å². The Balaban J connectivity index is 3.00. The van der Waals surface area contributed by atoms with Gasteiger partial charge in [-0.3, -0.25) is 9.59 Å². The normalized spacial score (nSPS) is 11.8. The number of benzene rings is 1. The molecule has 92 valence electrons. The predicted molar refractivity (Wildman–Crippen MR) is 68.4 cm³/mol. The van der Waals surface area contributed by atoms with E-state index in [1.165, 1.54) is 4.90 Å². The van der Waals surface area contributed by atoms with E-state index in [1.54, 1.807) is 45.3 Å². The fraction of sp³-hybridized carbons (Fsp3) is 0.333. The first-order valence-corrected chi connectivity index (χ1v) is 5.62. The van der Waals surface area contributed by atoms with E-state index in [0.717, 1.165) is 0 Å². The van der Waals surface area contributed by atoms with Crippen molar-refractivity contribution in [3.63, 3.8) is 0 Å².